The summed E-state index contributed by atoms with van der Waals surface area (Å²) in [6, 6.07) is 9.68. The lowest BCUT2D eigenvalue weighted by Crippen LogP contribution is -2.16. The zero-order valence-electron chi connectivity index (χ0n) is 11.4. The molecule has 1 heterocycles. The van der Waals surface area contributed by atoms with Gasteiger partial charge in [-0.1, -0.05) is 30.3 Å². The van der Waals surface area contributed by atoms with Gasteiger partial charge in [0.25, 0.3) is 0 Å². The number of nitrogens with one attached hydrogen (secondary N) is 1. The second-order valence-corrected chi connectivity index (χ2v) is 5.16. The summed E-state index contributed by atoms with van der Waals surface area (Å²) >= 11 is 0. The molecule has 4 nitrogen and oxygen atoms in total. The zero-order chi connectivity index (χ0) is 13.8. The largest absolute Gasteiger partial charge is 0.387 e. The third-order valence-electron chi connectivity index (χ3n) is 3.77. The third-order valence-corrected chi connectivity index (χ3v) is 3.77. The van der Waals surface area contributed by atoms with E-state index in [1.807, 2.05) is 30.3 Å². The highest BCUT2D eigenvalue weighted by Crippen LogP contribution is 2.24. The molecule has 1 aromatic heterocycles. The van der Waals surface area contributed by atoms with Gasteiger partial charge in [-0.3, -0.25) is 0 Å². The molecule has 0 radical (unpaired) electrons. The summed E-state index contributed by atoms with van der Waals surface area (Å²) in [4.78, 5) is 8.68. The van der Waals surface area contributed by atoms with Crippen LogP contribution < -0.4 is 5.32 Å². The van der Waals surface area contributed by atoms with E-state index in [4.69, 9.17) is 0 Å². The summed E-state index contributed by atoms with van der Waals surface area (Å²) in [5.74, 6) is 0.879. The second-order valence-electron chi connectivity index (χ2n) is 5.16. The fraction of sp³-hybridized carbons (Fsp3) is 0.375. The van der Waals surface area contributed by atoms with E-state index in [1.165, 1.54) is 18.4 Å². The number of hydrogen-bond donors (Lipinski definition) is 2. The van der Waals surface area contributed by atoms with Gasteiger partial charge in [-0.25, -0.2) is 9.97 Å². The Morgan fingerprint density at radius 1 is 1.10 bits per heavy atom. The summed E-state index contributed by atoms with van der Waals surface area (Å²) in [6.45, 7) is 0.466. The van der Waals surface area contributed by atoms with Crippen LogP contribution in [0.25, 0.3) is 0 Å². The minimum atomic E-state index is -0.523. The van der Waals surface area contributed by atoms with Crippen molar-refractivity contribution < 1.29 is 5.11 Å². The van der Waals surface area contributed by atoms with Crippen molar-refractivity contribution in [3.63, 3.8) is 0 Å². The van der Waals surface area contributed by atoms with Crippen molar-refractivity contribution in [3.05, 3.63) is 53.5 Å². The van der Waals surface area contributed by atoms with E-state index in [9.17, 15) is 5.11 Å². The van der Waals surface area contributed by atoms with Gasteiger partial charge in [0.05, 0.1) is 6.10 Å². The van der Waals surface area contributed by atoms with E-state index in [0.717, 1.165) is 29.9 Å². The number of benzene rings is 1. The minimum absolute atomic E-state index is 0.466. The van der Waals surface area contributed by atoms with Crippen LogP contribution in [-0.4, -0.2) is 21.6 Å². The Balaban J connectivity index is 1.70. The van der Waals surface area contributed by atoms with Crippen molar-refractivity contribution in [1.82, 2.24) is 9.97 Å². The Morgan fingerprint density at radius 3 is 2.75 bits per heavy atom. The molecule has 0 fully saturated rings. The molecular weight excluding hydrogens is 250 g/mol. The van der Waals surface area contributed by atoms with Crippen LogP contribution in [0.3, 0.4) is 0 Å². The molecule has 0 saturated carbocycles. The van der Waals surface area contributed by atoms with Crippen molar-refractivity contribution in [2.45, 2.75) is 31.8 Å². The highest BCUT2D eigenvalue weighted by Gasteiger charge is 2.16. The number of aliphatic hydroxyl groups is 1. The fourth-order valence-electron chi connectivity index (χ4n) is 2.66. The molecule has 20 heavy (non-hydrogen) atoms. The van der Waals surface area contributed by atoms with Crippen LogP contribution in [0.1, 0.15) is 35.8 Å². The lowest BCUT2D eigenvalue weighted by molar-refractivity contribution is 0.191. The van der Waals surface area contributed by atoms with Crippen LogP contribution in [0.5, 0.6) is 0 Å². The molecule has 0 spiro atoms. The van der Waals surface area contributed by atoms with Crippen LogP contribution in [0, 0.1) is 0 Å². The van der Waals surface area contributed by atoms with Gasteiger partial charge in [0.1, 0.15) is 12.1 Å². The van der Waals surface area contributed by atoms with Gasteiger partial charge in [0.2, 0.25) is 0 Å². The number of rotatable bonds is 4. The Kier molecular flexibility index (Phi) is 3.92. The number of fused-ring (bicyclic) bond motifs is 1. The molecule has 3 rings (SSSR count). The van der Waals surface area contributed by atoms with Crippen molar-refractivity contribution in [2.75, 3.05) is 11.9 Å². The molecule has 0 saturated heterocycles. The maximum atomic E-state index is 10.2. The summed E-state index contributed by atoms with van der Waals surface area (Å²) in [5.41, 5.74) is 3.30. The van der Waals surface area contributed by atoms with Crippen LogP contribution >= 0.6 is 0 Å². The lowest BCUT2D eigenvalue weighted by Gasteiger charge is -2.19. The van der Waals surface area contributed by atoms with E-state index in [0.29, 0.717) is 6.54 Å². The Bertz CT molecular complexity index is 571. The van der Waals surface area contributed by atoms with Gasteiger partial charge in [-0.2, -0.15) is 0 Å². The maximum Gasteiger partial charge on any atom is 0.132 e. The number of anilines is 1. The molecule has 1 aliphatic carbocycles. The van der Waals surface area contributed by atoms with Gasteiger partial charge < -0.3 is 10.4 Å². The molecule has 0 amide bonds. The summed E-state index contributed by atoms with van der Waals surface area (Å²) in [5, 5.41) is 13.4. The normalized spacial score (nSPS) is 15.4. The SMILES string of the molecule is OC(CNc1ncnc2c1CCCC2)c1ccccc1. The second kappa shape index (κ2) is 6.01. The first-order valence-electron chi connectivity index (χ1n) is 7.14. The number of aromatic nitrogens is 2. The molecule has 2 N–H and O–H groups in total. The van der Waals surface area contributed by atoms with E-state index in [2.05, 4.69) is 15.3 Å². The van der Waals surface area contributed by atoms with Crippen molar-refractivity contribution in [1.29, 1.82) is 0 Å². The van der Waals surface area contributed by atoms with E-state index in [-0.39, 0.29) is 0 Å². The highest BCUT2D eigenvalue weighted by atomic mass is 16.3. The molecule has 104 valence electrons. The van der Waals surface area contributed by atoms with Crippen LogP contribution in [0.15, 0.2) is 36.7 Å². The predicted octanol–water partition coefficient (Wildman–Crippen LogP) is 2.50. The number of hydrogen-bond acceptors (Lipinski definition) is 4. The van der Waals surface area contributed by atoms with Crippen LogP contribution in [-0.2, 0) is 12.8 Å². The third kappa shape index (κ3) is 2.80. The molecule has 1 unspecified atom stereocenters. The molecule has 0 bridgehead atoms. The van der Waals surface area contributed by atoms with Gasteiger partial charge in [-0.15, -0.1) is 0 Å². The first-order valence-corrected chi connectivity index (χ1v) is 7.14. The topological polar surface area (TPSA) is 58.0 Å². The molecule has 1 aromatic carbocycles. The summed E-state index contributed by atoms with van der Waals surface area (Å²) < 4.78 is 0. The van der Waals surface area contributed by atoms with Crippen LogP contribution in [0.2, 0.25) is 0 Å². The minimum Gasteiger partial charge on any atom is -0.387 e. The Labute approximate surface area is 118 Å². The first kappa shape index (κ1) is 13.1. The zero-order valence-corrected chi connectivity index (χ0v) is 11.4. The fourth-order valence-corrected chi connectivity index (χ4v) is 2.66. The number of aliphatic hydroxyl groups excluding tert-OH is 1. The maximum absolute atomic E-state index is 10.2. The monoisotopic (exact) mass is 269 g/mol. The Morgan fingerprint density at radius 2 is 1.90 bits per heavy atom. The average Bonchev–Trinajstić information content (AvgIpc) is 2.53. The molecular formula is C16H19N3O. The highest BCUT2D eigenvalue weighted by molar-refractivity contribution is 5.47. The molecule has 1 atom stereocenters. The van der Waals surface area contributed by atoms with Gasteiger partial charge in [0, 0.05) is 17.8 Å². The van der Waals surface area contributed by atoms with E-state index < -0.39 is 6.10 Å². The van der Waals surface area contributed by atoms with Crippen molar-refractivity contribution in [2.24, 2.45) is 0 Å². The molecule has 2 aromatic rings. The van der Waals surface area contributed by atoms with E-state index >= 15 is 0 Å². The predicted molar refractivity (Wildman–Crippen MR) is 78.6 cm³/mol. The van der Waals surface area contributed by atoms with Gasteiger partial charge >= 0.3 is 0 Å². The standard InChI is InChI=1S/C16H19N3O/c20-15(12-6-2-1-3-7-12)10-17-16-13-8-4-5-9-14(13)18-11-19-16/h1-3,6-7,11,15,20H,4-5,8-10H2,(H,17,18,19). The van der Waals surface area contributed by atoms with Crippen LogP contribution in [0.4, 0.5) is 5.82 Å². The van der Waals surface area contributed by atoms with Gasteiger partial charge in [0.15, 0.2) is 0 Å². The summed E-state index contributed by atoms with van der Waals surface area (Å²) in [7, 11) is 0. The molecule has 0 aliphatic heterocycles. The van der Waals surface area contributed by atoms with E-state index in [1.54, 1.807) is 6.33 Å². The first-order chi connectivity index (χ1) is 9.84. The number of aryl methyl sites for hydroxylation is 1. The lowest BCUT2D eigenvalue weighted by atomic mass is 9.96. The molecule has 1 aliphatic rings. The quantitative estimate of drug-likeness (QED) is 0.895. The smallest absolute Gasteiger partial charge is 0.132 e. The average molecular weight is 269 g/mol. The van der Waals surface area contributed by atoms with Gasteiger partial charge in [-0.05, 0) is 31.2 Å². The number of nitrogens with zero attached hydrogens (tertiary/aromatic N) is 2. The Hall–Kier alpha value is -1.94. The van der Waals surface area contributed by atoms with Crippen molar-refractivity contribution in [3.8, 4) is 0 Å². The summed E-state index contributed by atoms with van der Waals surface area (Å²) in [6.07, 6.45) is 5.55. The molecule has 4 heteroatoms. The van der Waals surface area contributed by atoms with Crippen molar-refractivity contribution >= 4 is 5.82 Å².